The van der Waals surface area contributed by atoms with Gasteiger partial charge in [-0.25, -0.2) is 4.39 Å². The van der Waals surface area contributed by atoms with E-state index in [9.17, 15) is 4.39 Å². The minimum absolute atomic E-state index is 0.0434. The van der Waals surface area contributed by atoms with E-state index in [0.717, 1.165) is 0 Å². The number of benzene rings is 1. The molecule has 1 aromatic carbocycles. The van der Waals surface area contributed by atoms with Gasteiger partial charge in [0.05, 0.1) is 6.61 Å². The zero-order valence-corrected chi connectivity index (χ0v) is 7.20. The first kappa shape index (κ1) is 10.0. The maximum Gasteiger partial charge on any atom is 0.492 e. The van der Waals surface area contributed by atoms with E-state index in [1.54, 1.807) is 6.92 Å². The Morgan fingerprint density at radius 3 is 2.69 bits per heavy atom. The minimum atomic E-state index is -1.71. The highest BCUT2D eigenvalue weighted by Crippen LogP contribution is 2.13. The zero-order valence-electron chi connectivity index (χ0n) is 7.20. The molecule has 3 nitrogen and oxygen atoms in total. The van der Waals surface area contributed by atoms with Crippen LogP contribution in [-0.2, 0) is 0 Å². The molecule has 1 aromatic rings. The number of rotatable bonds is 3. The fourth-order valence-corrected chi connectivity index (χ4v) is 1.03. The lowest BCUT2D eigenvalue weighted by Crippen LogP contribution is -2.32. The molecule has 0 atom stereocenters. The molecule has 2 N–H and O–H groups in total. The molecule has 0 saturated carbocycles. The highest BCUT2D eigenvalue weighted by atomic mass is 19.1. The van der Waals surface area contributed by atoms with E-state index in [1.807, 2.05) is 0 Å². The lowest BCUT2D eigenvalue weighted by Gasteiger charge is -2.09. The van der Waals surface area contributed by atoms with Gasteiger partial charge in [0.2, 0.25) is 0 Å². The van der Waals surface area contributed by atoms with E-state index in [0.29, 0.717) is 0 Å². The summed E-state index contributed by atoms with van der Waals surface area (Å²) in [5.74, 6) is -0.688. The van der Waals surface area contributed by atoms with Crippen molar-refractivity contribution >= 4 is 12.6 Å². The Balaban J connectivity index is 3.09. The van der Waals surface area contributed by atoms with E-state index < -0.39 is 12.9 Å². The normalized spacial score (nSPS) is 9.85. The van der Waals surface area contributed by atoms with Gasteiger partial charge in [-0.1, -0.05) is 12.1 Å². The third-order valence-corrected chi connectivity index (χ3v) is 1.56. The molecular weight excluding hydrogens is 174 g/mol. The second-order valence-corrected chi connectivity index (χ2v) is 2.46. The van der Waals surface area contributed by atoms with Gasteiger partial charge in [-0.05, 0) is 13.0 Å². The van der Waals surface area contributed by atoms with E-state index in [4.69, 9.17) is 14.8 Å². The first-order chi connectivity index (χ1) is 6.16. The summed E-state index contributed by atoms with van der Waals surface area (Å²) in [6.07, 6.45) is 0. The minimum Gasteiger partial charge on any atom is -0.491 e. The highest BCUT2D eigenvalue weighted by Gasteiger charge is 2.19. The van der Waals surface area contributed by atoms with Crippen molar-refractivity contribution in [1.29, 1.82) is 0 Å². The van der Waals surface area contributed by atoms with Crippen molar-refractivity contribution in [3.8, 4) is 5.75 Å². The number of hydrogen-bond acceptors (Lipinski definition) is 3. The van der Waals surface area contributed by atoms with Crippen LogP contribution in [0.4, 0.5) is 4.39 Å². The molecule has 0 aromatic heterocycles. The maximum absolute atomic E-state index is 13.1. The molecule has 0 heterocycles. The zero-order chi connectivity index (χ0) is 9.84. The summed E-state index contributed by atoms with van der Waals surface area (Å²) in [7, 11) is -1.71. The summed E-state index contributed by atoms with van der Waals surface area (Å²) >= 11 is 0. The largest absolute Gasteiger partial charge is 0.492 e. The molecule has 0 aliphatic rings. The van der Waals surface area contributed by atoms with Crippen molar-refractivity contribution in [2.24, 2.45) is 0 Å². The molecular formula is C8H10BFO3. The Labute approximate surface area is 75.9 Å². The van der Waals surface area contributed by atoms with Crippen LogP contribution in [0.2, 0.25) is 0 Å². The monoisotopic (exact) mass is 184 g/mol. The van der Waals surface area contributed by atoms with Crippen molar-refractivity contribution < 1.29 is 19.2 Å². The summed E-state index contributed by atoms with van der Waals surface area (Å²) in [5.41, 5.74) is 0.0434. The molecule has 5 heteroatoms. The molecule has 0 bridgehead atoms. The lowest BCUT2D eigenvalue weighted by molar-refractivity contribution is 0.321. The van der Waals surface area contributed by atoms with Crippen molar-refractivity contribution in [3.63, 3.8) is 0 Å². The van der Waals surface area contributed by atoms with Crippen LogP contribution in [-0.4, -0.2) is 23.8 Å². The van der Waals surface area contributed by atoms with Crippen LogP contribution in [0.15, 0.2) is 18.2 Å². The van der Waals surface area contributed by atoms with Gasteiger partial charge in [0.25, 0.3) is 0 Å². The van der Waals surface area contributed by atoms with Gasteiger partial charge < -0.3 is 14.8 Å². The van der Waals surface area contributed by atoms with Crippen LogP contribution in [0.3, 0.4) is 0 Å². The summed E-state index contributed by atoms with van der Waals surface area (Å²) in [5, 5.41) is 17.7. The van der Waals surface area contributed by atoms with E-state index in [1.165, 1.54) is 18.2 Å². The SMILES string of the molecule is CCOc1c(F)cccc1B(O)O. The smallest absolute Gasteiger partial charge is 0.491 e. The van der Waals surface area contributed by atoms with Gasteiger partial charge in [-0.3, -0.25) is 0 Å². The average Bonchev–Trinajstić information content (AvgIpc) is 2.08. The predicted octanol–water partition coefficient (Wildman–Crippen LogP) is -0.0958. The Hall–Kier alpha value is -1.07. The predicted molar refractivity (Wildman–Crippen MR) is 47.4 cm³/mol. The molecule has 0 aliphatic carbocycles. The molecule has 0 spiro atoms. The number of ether oxygens (including phenoxy) is 1. The van der Waals surface area contributed by atoms with Crippen LogP contribution in [0.5, 0.6) is 5.75 Å². The van der Waals surface area contributed by atoms with Gasteiger partial charge in [0.15, 0.2) is 11.6 Å². The first-order valence-corrected chi connectivity index (χ1v) is 3.94. The fourth-order valence-electron chi connectivity index (χ4n) is 1.03. The summed E-state index contributed by atoms with van der Waals surface area (Å²) in [6.45, 7) is 1.97. The molecule has 13 heavy (non-hydrogen) atoms. The molecule has 0 unspecified atom stereocenters. The third-order valence-electron chi connectivity index (χ3n) is 1.56. The van der Waals surface area contributed by atoms with Crippen LogP contribution in [0.25, 0.3) is 0 Å². The number of para-hydroxylation sites is 1. The Bertz CT molecular complexity index is 291. The van der Waals surface area contributed by atoms with Crippen molar-refractivity contribution in [2.75, 3.05) is 6.61 Å². The molecule has 0 fully saturated rings. The van der Waals surface area contributed by atoms with Crippen LogP contribution >= 0.6 is 0 Å². The second kappa shape index (κ2) is 4.25. The molecule has 1 rings (SSSR count). The average molecular weight is 184 g/mol. The first-order valence-electron chi connectivity index (χ1n) is 3.94. The lowest BCUT2D eigenvalue weighted by atomic mass is 9.79. The summed E-state index contributed by atoms with van der Waals surface area (Å²) in [6, 6.07) is 4.00. The van der Waals surface area contributed by atoms with Gasteiger partial charge in [-0.15, -0.1) is 0 Å². The van der Waals surface area contributed by atoms with E-state index >= 15 is 0 Å². The van der Waals surface area contributed by atoms with Crippen LogP contribution in [0.1, 0.15) is 6.92 Å². The van der Waals surface area contributed by atoms with Crippen LogP contribution in [0, 0.1) is 5.82 Å². The fraction of sp³-hybridized carbons (Fsp3) is 0.250. The van der Waals surface area contributed by atoms with Crippen molar-refractivity contribution in [1.82, 2.24) is 0 Å². The van der Waals surface area contributed by atoms with Gasteiger partial charge in [-0.2, -0.15) is 0 Å². The quantitative estimate of drug-likeness (QED) is 0.645. The Morgan fingerprint density at radius 1 is 1.46 bits per heavy atom. The van der Waals surface area contributed by atoms with Crippen LogP contribution < -0.4 is 10.2 Å². The number of hydrogen-bond donors (Lipinski definition) is 2. The maximum atomic E-state index is 13.1. The highest BCUT2D eigenvalue weighted by molar-refractivity contribution is 6.59. The second-order valence-electron chi connectivity index (χ2n) is 2.46. The molecule has 0 radical (unpaired) electrons. The summed E-state index contributed by atoms with van der Waals surface area (Å²) in [4.78, 5) is 0. The molecule has 0 saturated heterocycles. The molecule has 0 aliphatic heterocycles. The molecule has 0 amide bonds. The van der Waals surface area contributed by atoms with Crippen molar-refractivity contribution in [3.05, 3.63) is 24.0 Å². The Kier molecular flexibility index (Phi) is 3.28. The van der Waals surface area contributed by atoms with Crippen molar-refractivity contribution in [2.45, 2.75) is 6.92 Å². The third kappa shape index (κ3) is 2.20. The Morgan fingerprint density at radius 2 is 2.15 bits per heavy atom. The topological polar surface area (TPSA) is 49.7 Å². The number of halogens is 1. The van der Waals surface area contributed by atoms with E-state index in [-0.39, 0.29) is 17.8 Å². The summed E-state index contributed by atoms with van der Waals surface area (Å²) < 4.78 is 18.0. The van der Waals surface area contributed by atoms with Gasteiger partial charge in [0.1, 0.15) is 0 Å². The van der Waals surface area contributed by atoms with Gasteiger partial charge in [0, 0.05) is 5.46 Å². The molecule has 70 valence electrons. The van der Waals surface area contributed by atoms with E-state index in [2.05, 4.69) is 0 Å². The van der Waals surface area contributed by atoms with Gasteiger partial charge >= 0.3 is 7.12 Å². The standard InChI is InChI=1S/C8H10BFO3/c1-2-13-8-6(9(11)12)4-3-5-7(8)10/h3-5,11-12H,2H2,1H3.